The summed E-state index contributed by atoms with van der Waals surface area (Å²) in [5, 5.41) is 1.13. The average molecular weight is 316 g/mol. The van der Waals surface area contributed by atoms with E-state index in [4.69, 9.17) is 23.2 Å². The van der Waals surface area contributed by atoms with Crippen LogP contribution >= 0.6 is 23.2 Å². The minimum absolute atomic E-state index is 0.567. The lowest BCUT2D eigenvalue weighted by molar-refractivity contribution is 1.09. The van der Waals surface area contributed by atoms with Crippen molar-refractivity contribution in [1.82, 2.24) is 15.0 Å². The molecular weight excluding hydrogens is 305 g/mol. The summed E-state index contributed by atoms with van der Waals surface area (Å²) in [4.78, 5) is 13.2. The summed E-state index contributed by atoms with van der Waals surface area (Å²) in [5.74, 6) is 0.583. The van der Waals surface area contributed by atoms with Gasteiger partial charge < -0.3 is 0 Å². The third-order valence-corrected chi connectivity index (χ3v) is 3.62. The number of hydrogen-bond acceptors (Lipinski definition) is 3. The van der Waals surface area contributed by atoms with Crippen LogP contribution in [0, 0.1) is 6.92 Å². The highest BCUT2D eigenvalue weighted by Gasteiger charge is 2.11. The molecule has 0 fully saturated rings. The molecule has 0 unspecified atom stereocenters. The minimum Gasteiger partial charge on any atom is -0.244 e. The van der Waals surface area contributed by atoms with E-state index in [-0.39, 0.29) is 0 Å². The van der Waals surface area contributed by atoms with Gasteiger partial charge >= 0.3 is 0 Å². The van der Waals surface area contributed by atoms with Gasteiger partial charge in [0.25, 0.3) is 0 Å². The summed E-state index contributed by atoms with van der Waals surface area (Å²) < 4.78 is 0. The summed E-state index contributed by atoms with van der Waals surface area (Å²) in [6.45, 7) is 1.92. The Kier molecular flexibility index (Phi) is 3.86. The van der Waals surface area contributed by atoms with Gasteiger partial charge in [-0.2, -0.15) is 0 Å². The molecule has 0 bridgehead atoms. The van der Waals surface area contributed by atoms with Gasteiger partial charge in [0.15, 0.2) is 5.82 Å². The fraction of sp³-hybridized carbons (Fsp3) is 0.0625. The van der Waals surface area contributed by atoms with Crippen molar-refractivity contribution >= 4 is 23.2 Å². The van der Waals surface area contributed by atoms with E-state index in [1.807, 2.05) is 37.3 Å². The normalized spacial score (nSPS) is 10.6. The van der Waals surface area contributed by atoms with E-state index in [9.17, 15) is 0 Å². The van der Waals surface area contributed by atoms with Crippen LogP contribution in [0.3, 0.4) is 0 Å². The number of pyridine rings is 1. The number of halogens is 2. The third-order valence-electron chi connectivity index (χ3n) is 2.99. The number of aromatic nitrogens is 3. The van der Waals surface area contributed by atoms with E-state index in [0.29, 0.717) is 27.3 Å². The molecular formula is C16H11Cl2N3. The second-order valence-electron chi connectivity index (χ2n) is 4.53. The molecule has 3 nitrogen and oxygen atoms in total. The first-order valence-electron chi connectivity index (χ1n) is 6.36. The fourth-order valence-electron chi connectivity index (χ4n) is 2.01. The van der Waals surface area contributed by atoms with Gasteiger partial charge in [0, 0.05) is 17.5 Å². The van der Waals surface area contributed by atoms with Crippen LogP contribution < -0.4 is 0 Å². The lowest BCUT2D eigenvalue weighted by Crippen LogP contribution is -1.95. The molecule has 0 spiro atoms. The van der Waals surface area contributed by atoms with Crippen molar-refractivity contribution in [3.8, 4) is 22.8 Å². The fourth-order valence-corrected chi connectivity index (χ4v) is 2.60. The smallest absolute Gasteiger partial charge is 0.178 e. The summed E-state index contributed by atoms with van der Waals surface area (Å²) in [6.07, 6.45) is 1.72. The lowest BCUT2D eigenvalue weighted by atomic mass is 10.1. The molecule has 0 atom stereocenters. The van der Waals surface area contributed by atoms with Crippen LogP contribution in [-0.4, -0.2) is 15.0 Å². The Morgan fingerprint density at radius 1 is 0.810 bits per heavy atom. The lowest BCUT2D eigenvalue weighted by Gasteiger charge is -2.08. The molecule has 1 aromatic carbocycles. The zero-order chi connectivity index (χ0) is 14.8. The first-order valence-corrected chi connectivity index (χ1v) is 7.12. The Bertz CT molecular complexity index is 783. The van der Waals surface area contributed by atoms with E-state index in [1.54, 1.807) is 18.3 Å². The molecule has 21 heavy (non-hydrogen) atoms. The molecule has 5 heteroatoms. The summed E-state index contributed by atoms with van der Waals surface area (Å²) in [6, 6.07) is 12.9. The molecule has 3 aromatic rings. The SMILES string of the molecule is Cc1ccnc(-c2cccc(-c3c(Cl)cccc3Cl)n2)n1. The van der Waals surface area contributed by atoms with Crippen LogP contribution in [-0.2, 0) is 0 Å². The van der Waals surface area contributed by atoms with Crippen LogP contribution in [0.15, 0.2) is 48.7 Å². The maximum atomic E-state index is 6.23. The number of nitrogens with zero attached hydrogens (tertiary/aromatic N) is 3. The molecule has 0 aliphatic carbocycles. The molecule has 0 amide bonds. The second-order valence-corrected chi connectivity index (χ2v) is 5.34. The van der Waals surface area contributed by atoms with Crippen molar-refractivity contribution in [3.63, 3.8) is 0 Å². The average Bonchev–Trinajstić information content (AvgIpc) is 2.47. The third kappa shape index (κ3) is 2.89. The number of aryl methyl sites for hydroxylation is 1. The zero-order valence-electron chi connectivity index (χ0n) is 11.2. The molecule has 0 aliphatic heterocycles. The van der Waals surface area contributed by atoms with Gasteiger partial charge in [-0.25, -0.2) is 15.0 Å². The van der Waals surface area contributed by atoms with E-state index < -0.39 is 0 Å². The van der Waals surface area contributed by atoms with Gasteiger partial charge in [-0.05, 0) is 37.3 Å². The maximum Gasteiger partial charge on any atom is 0.178 e. The quantitative estimate of drug-likeness (QED) is 0.680. The largest absolute Gasteiger partial charge is 0.244 e. The van der Waals surface area contributed by atoms with Crippen molar-refractivity contribution in [1.29, 1.82) is 0 Å². The first kappa shape index (κ1) is 14.0. The van der Waals surface area contributed by atoms with Gasteiger partial charge in [0.05, 0.1) is 15.7 Å². The summed E-state index contributed by atoms with van der Waals surface area (Å²) in [5.41, 5.74) is 3.00. The van der Waals surface area contributed by atoms with E-state index in [0.717, 1.165) is 11.3 Å². The van der Waals surface area contributed by atoms with Crippen molar-refractivity contribution in [2.24, 2.45) is 0 Å². The second kappa shape index (κ2) is 5.80. The molecule has 3 rings (SSSR count). The zero-order valence-corrected chi connectivity index (χ0v) is 12.7. The standard InChI is InChI=1S/C16H11Cl2N3/c1-10-8-9-19-16(20-10)14-7-3-6-13(21-14)15-11(17)4-2-5-12(15)18/h2-9H,1H3. The summed E-state index contributed by atoms with van der Waals surface area (Å²) in [7, 11) is 0. The number of rotatable bonds is 2. The molecule has 2 heterocycles. The van der Waals surface area contributed by atoms with Crippen molar-refractivity contribution < 1.29 is 0 Å². The molecule has 104 valence electrons. The predicted molar refractivity (Wildman–Crippen MR) is 85.5 cm³/mol. The van der Waals surface area contributed by atoms with Crippen molar-refractivity contribution in [3.05, 3.63) is 64.4 Å². The molecule has 0 saturated heterocycles. The topological polar surface area (TPSA) is 38.7 Å². The maximum absolute atomic E-state index is 6.23. The monoisotopic (exact) mass is 315 g/mol. The van der Waals surface area contributed by atoms with Crippen LogP contribution in [0.2, 0.25) is 10.0 Å². The van der Waals surface area contributed by atoms with Gasteiger partial charge in [-0.3, -0.25) is 0 Å². The van der Waals surface area contributed by atoms with Gasteiger partial charge in [0.1, 0.15) is 5.69 Å². The highest BCUT2D eigenvalue weighted by atomic mass is 35.5. The van der Waals surface area contributed by atoms with Crippen LogP contribution in [0.5, 0.6) is 0 Å². The van der Waals surface area contributed by atoms with E-state index in [1.165, 1.54) is 0 Å². The highest BCUT2D eigenvalue weighted by Crippen LogP contribution is 2.33. The van der Waals surface area contributed by atoms with Gasteiger partial charge in [0.2, 0.25) is 0 Å². The molecule has 2 aromatic heterocycles. The molecule has 0 N–H and O–H groups in total. The first-order chi connectivity index (χ1) is 10.1. The van der Waals surface area contributed by atoms with Crippen LogP contribution in [0.4, 0.5) is 0 Å². The van der Waals surface area contributed by atoms with E-state index >= 15 is 0 Å². The highest BCUT2D eigenvalue weighted by molar-refractivity contribution is 6.39. The van der Waals surface area contributed by atoms with Crippen molar-refractivity contribution in [2.75, 3.05) is 0 Å². The van der Waals surface area contributed by atoms with Gasteiger partial charge in [-0.15, -0.1) is 0 Å². The predicted octanol–water partition coefficient (Wildman–Crippen LogP) is 4.82. The van der Waals surface area contributed by atoms with Crippen LogP contribution in [0.25, 0.3) is 22.8 Å². The van der Waals surface area contributed by atoms with Crippen LogP contribution in [0.1, 0.15) is 5.69 Å². The Hall–Kier alpha value is -1.97. The summed E-state index contributed by atoms with van der Waals surface area (Å²) >= 11 is 12.5. The minimum atomic E-state index is 0.567. The Balaban J connectivity index is 2.13. The molecule has 0 radical (unpaired) electrons. The van der Waals surface area contributed by atoms with Gasteiger partial charge in [-0.1, -0.05) is 35.3 Å². The molecule has 0 aliphatic rings. The molecule has 0 saturated carbocycles. The Morgan fingerprint density at radius 3 is 2.19 bits per heavy atom. The Morgan fingerprint density at radius 2 is 1.48 bits per heavy atom. The number of benzene rings is 1. The number of hydrogen-bond donors (Lipinski definition) is 0. The van der Waals surface area contributed by atoms with Crippen molar-refractivity contribution in [2.45, 2.75) is 6.92 Å². The Labute approximate surface area is 132 Å². The van der Waals surface area contributed by atoms with E-state index in [2.05, 4.69) is 15.0 Å².